The number of rotatable bonds is 3. The molecular weight excluding hydrogens is 186 g/mol. The fourth-order valence-electron chi connectivity index (χ4n) is 2.01. The molecule has 2 rings (SSSR count). The molecule has 1 atom stereocenters. The summed E-state index contributed by atoms with van der Waals surface area (Å²) < 4.78 is 5.41. The highest BCUT2D eigenvalue weighted by molar-refractivity contribution is 5.55. The van der Waals surface area contributed by atoms with Crippen LogP contribution in [0, 0.1) is 0 Å². The second-order valence-electron chi connectivity index (χ2n) is 4.21. The van der Waals surface area contributed by atoms with Crippen LogP contribution in [0.4, 0.5) is 5.69 Å². The van der Waals surface area contributed by atoms with Crippen LogP contribution in [0.25, 0.3) is 0 Å². The predicted octanol–water partition coefficient (Wildman–Crippen LogP) is 2.97. The lowest BCUT2D eigenvalue weighted by atomic mass is 9.97. The topological polar surface area (TPSA) is 21.3 Å². The smallest absolute Gasteiger partial charge is 0.0716 e. The SMILES string of the molecule is CCOCc1ccc2c(c1)CCC(C)N2. The van der Waals surface area contributed by atoms with Crippen molar-refractivity contribution in [1.82, 2.24) is 0 Å². The monoisotopic (exact) mass is 205 g/mol. The third-order valence-electron chi connectivity index (χ3n) is 2.89. The molecule has 82 valence electrons. The van der Waals surface area contributed by atoms with Gasteiger partial charge in [0.2, 0.25) is 0 Å². The Morgan fingerprint density at radius 3 is 3.13 bits per heavy atom. The van der Waals surface area contributed by atoms with E-state index in [-0.39, 0.29) is 0 Å². The Morgan fingerprint density at radius 1 is 1.47 bits per heavy atom. The standard InChI is InChI=1S/C13H19NO/c1-3-15-9-11-5-7-13-12(8-11)6-4-10(2)14-13/h5,7-8,10,14H,3-4,6,9H2,1-2H3. The summed E-state index contributed by atoms with van der Waals surface area (Å²) in [6.45, 7) is 5.78. The van der Waals surface area contributed by atoms with Crippen molar-refractivity contribution in [3.05, 3.63) is 29.3 Å². The molecule has 0 bridgehead atoms. The van der Waals surface area contributed by atoms with E-state index in [1.54, 1.807) is 0 Å². The molecule has 0 aromatic heterocycles. The van der Waals surface area contributed by atoms with E-state index >= 15 is 0 Å². The minimum Gasteiger partial charge on any atom is -0.382 e. The Bertz CT molecular complexity index is 335. The van der Waals surface area contributed by atoms with Gasteiger partial charge in [0.25, 0.3) is 0 Å². The maximum Gasteiger partial charge on any atom is 0.0716 e. The van der Waals surface area contributed by atoms with Crippen molar-refractivity contribution >= 4 is 5.69 Å². The molecule has 1 unspecified atom stereocenters. The molecule has 1 heterocycles. The fourth-order valence-corrected chi connectivity index (χ4v) is 2.01. The number of ether oxygens (including phenoxy) is 1. The van der Waals surface area contributed by atoms with Gasteiger partial charge in [0, 0.05) is 18.3 Å². The van der Waals surface area contributed by atoms with E-state index in [9.17, 15) is 0 Å². The van der Waals surface area contributed by atoms with Crippen molar-refractivity contribution in [2.45, 2.75) is 39.3 Å². The first-order valence-corrected chi connectivity index (χ1v) is 5.75. The van der Waals surface area contributed by atoms with E-state index in [1.165, 1.54) is 29.7 Å². The molecule has 0 spiro atoms. The minimum atomic E-state index is 0.607. The molecule has 0 amide bonds. The average molecular weight is 205 g/mol. The quantitative estimate of drug-likeness (QED) is 0.819. The molecule has 0 aliphatic carbocycles. The lowest BCUT2D eigenvalue weighted by molar-refractivity contribution is 0.134. The van der Waals surface area contributed by atoms with E-state index in [1.807, 2.05) is 6.92 Å². The summed E-state index contributed by atoms with van der Waals surface area (Å²) in [4.78, 5) is 0. The van der Waals surface area contributed by atoms with Crippen molar-refractivity contribution < 1.29 is 4.74 Å². The maximum absolute atomic E-state index is 5.41. The van der Waals surface area contributed by atoms with Gasteiger partial charge in [-0.25, -0.2) is 0 Å². The van der Waals surface area contributed by atoms with Crippen LogP contribution >= 0.6 is 0 Å². The molecule has 0 saturated carbocycles. The molecule has 1 aliphatic heterocycles. The average Bonchev–Trinajstić information content (AvgIpc) is 2.26. The van der Waals surface area contributed by atoms with Crippen molar-refractivity contribution in [2.24, 2.45) is 0 Å². The molecule has 2 heteroatoms. The summed E-state index contributed by atoms with van der Waals surface area (Å²) in [7, 11) is 0. The van der Waals surface area contributed by atoms with Crippen molar-refractivity contribution in [3.63, 3.8) is 0 Å². The molecule has 1 aliphatic rings. The van der Waals surface area contributed by atoms with Gasteiger partial charge in [0.05, 0.1) is 6.61 Å². The minimum absolute atomic E-state index is 0.607. The Balaban J connectivity index is 2.12. The lowest BCUT2D eigenvalue weighted by Gasteiger charge is -2.24. The van der Waals surface area contributed by atoms with E-state index < -0.39 is 0 Å². The van der Waals surface area contributed by atoms with Gasteiger partial charge >= 0.3 is 0 Å². The van der Waals surface area contributed by atoms with Crippen LogP contribution < -0.4 is 5.32 Å². The van der Waals surface area contributed by atoms with E-state index in [0.717, 1.165) is 13.2 Å². The van der Waals surface area contributed by atoms with Crippen LogP contribution in [0.1, 0.15) is 31.4 Å². The highest BCUT2D eigenvalue weighted by Gasteiger charge is 2.13. The lowest BCUT2D eigenvalue weighted by Crippen LogP contribution is -2.21. The summed E-state index contributed by atoms with van der Waals surface area (Å²) in [5.74, 6) is 0. The van der Waals surface area contributed by atoms with Gasteiger partial charge in [0.1, 0.15) is 0 Å². The van der Waals surface area contributed by atoms with Crippen LogP contribution in [0.5, 0.6) is 0 Å². The molecular formula is C13H19NO. The van der Waals surface area contributed by atoms with E-state index in [2.05, 4.69) is 30.4 Å². The zero-order valence-electron chi connectivity index (χ0n) is 9.55. The molecule has 1 aromatic rings. The van der Waals surface area contributed by atoms with Gasteiger partial charge in [-0.3, -0.25) is 0 Å². The number of benzene rings is 1. The van der Waals surface area contributed by atoms with E-state index in [4.69, 9.17) is 4.74 Å². The summed E-state index contributed by atoms with van der Waals surface area (Å²) >= 11 is 0. The zero-order valence-corrected chi connectivity index (χ0v) is 9.55. The molecule has 1 N–H and O–H groups in total. The second-order valence-corrected chi connectivity index (χ2v) is 4.21. The first-order chi connectivity index (χ1) is 7.29. The number of fused-ring (bicyclic) bond motifs is 1. The number of anilines is 1. The Hall–Kier alpha value is -1.02. The van der Waals surface area contributed by atoms with Crippen LogP contribution in [-0.2, 0) is 17.8 Å². The third-order valence-corrected chi connectivity index (χ3v) is 2.89. The Labute approximate surface area is 91.6 Å². The highest BCUT2D eigenvalue weighted by Crippen LogP contribution is 2.25. The second kappa shape index (κ2) is 4.67. The predicted molar refractivity (Wildman–Crippen MR) is 63.2 cm³/mol. The third kappa shape index (κ3) is 2.51. The fraction of sp³-hybridized carbons (Fsp3) is 0.538. The normalized spacial score (nSPS) is 19.5. The van der Waals surface area contributed by atoms with Gasteiger partial charge in [-0.2, -0.15) is 0 Å². The van der Waals surface area contributed by atoms with Crippen molar-refractivity contribution in [1.29, 1.82) is 0 Å². The van der Waals surface area contributed by atoms with Crippen LogP contribution in [0.2, 0.25) is 0 Å². The van der Waals surface area contributed by atoms with Gasteiger partial charge < -0.3 is 10.1 Å². The first kappa shape index (κ1) is 10.5. The summed E-state index contributed by atoms with van der Waals surface area (Å²) in [5, 5.41) is 3.50. The van der Waals surface area contributed by atoms with Crippen LogP contribution in [0.15, 0.2) is 18.2 Å². The van der Waals surface area contributed by atoms with Crippen molar-refractivity contribution in [3.8, 4) is 0 Å². The molecule has 0 radical (unpaired) electrons. The van der Waals surface area contributed by atoms with E-state index in [0.29, 0.717) is 6.04 Å². The van der Waals surface area contributed by atoms with Gasteiger partial charge in [-0.1, -0.05) is 12.1 Å². The maximum atomic E-state index is 5.41. The van der Waals surface area contributed by atoms with Crippen molar-refractivity contribution in [2.75, 3.05) is 11.9 Å². The molecule has 15 heavy (non-hydrogen) atoms. The van der Waals surface area contributed by atoms with Gasteiger partial charge in [-0.15, -0.1) is 0 Å². The number of hydrogen-bond acceptors (Lipinski definition) is 2. The zero-order chi connectivity index (χ0) is 10.7. The van der Waals surface area contributed by atoms with Crippen LogP contribution in [-0.4, -0.2) is 12.6 Å². The number of aryl methyl sites for hydroxylation is 1. The first-order valence-electron chi connectivity index (χ1n) is 5.75. The van der Waals surface area contributed by atoms with Crippen LogP contribution in [0.3, 0.4) is 0 Å². The molecule has 2 nitrogen and oxygen atoms in total. The molecule has 0 saturated heterocycles. The number of nitrogens with one attached hydrogen (secondary N) is 1. The summed E-state index contributed by atoms with van der Waals surface area (Å²) in [6.07, 6.45) is 2.41. The largest absolute Gasteiger partial charge is 0.382 e. The highest BCUT2D eigenvalue weighted by atomic mass is 16.5. The Kier molecular flexibility index (Phi) is 3.27. The Morgan fingerprint density at radius 2 is 2.33 bits per heavy atom. The van der Waals surface area contributed by atoms with Gasteiger partial charge in [-0.05, 0) is 43.9 Å². The molecule has 0 fully saturated rings. The van der Waals surface area contributed by atoms with Gasteiger partial charge in [0.15, 0.2) is 0 Å². The summed E-state index contributed by atoms with van der Waals surface area (Å²) in [6, 6.07) is 7.21. The molecule has 1 aromatic carbocycles. The number of hydrogen-bond donors (Lipinski definition) is 1. The summed E-state index contributed by atoms with van der Waals surface area (Å²) in [5.41, 5.74) is 4.02.